The van der Waals surface area contributed by atoms with Crippen molar-refractivity contribution in [1.82, 2.24) is 4.90 Å². The average molecular weight is 431 g/mol. The highest BCUT2D eigenvalue weighted by atomic mass is 32.2. The van der Waals surface area contributed by atoms with E-state index >= 15 is 0 Å². The van der Waals surface area contributed by atoms with Gasteiger partial charge >= 0.3 is 5.97 Å². The molecular weight excluding hydrogens is 414 g/mol. The van der Waals surface area contributed by atoms with Crippen molar-refractivity contribution in [2.75, 3.05) is 14.2 Å². The van der Waals surface area contributed by atoms with E-state index in [1.165, 1.54) is 26.4 Å². The summed E-state index contributed by atoms with van der Waals surface area (Å²) >= 11 is 6.31. The molecule has 2 aromatic rings. The fraction of sp³-hybridized carbons (Fsp3) is 0.150. The number of methoxy groups -OCH3 is 2. The molecule has 0 aliphatic carbocycles. The highest BCUT2D eigenvalue weighted by Crippen LogP contribution is 2.41. The second kappa shape index (κ2) is 8.54. The molecule has 29 heavy (non-hydrogen) atoms. The molecule has 0 radical (unpaired) electrons. The number of aromatic hydroxyl groups is 1. The van der Waals surface area contributed by atoms with Crippen LogP contribution in [0.3, 0.4) is 0 Å². The first kappa shape index (κ1) is 20.7. The Morgan fingerprint density at radius 1 is 1.17 bits per heavy atom. The van der Waals surface area contributed by atoms with Crippen molar-refractivity contribution in [1.29, 1.82) is 0 Å². The van der Waals surface area contributed by atoms with Crippen molar-refractivity contribution < 1.29 is 29.3 Å². The van der Waals surface area contributed by atoms with E-state index in [2.05, 4.69) is 0 Å². The third-order valence-corrected chi connectivity index (χ3v) is 5.56. The number of phenols is 1. The molecule has 0 aromatic heterocycles. The van der Waals surface area contributed by atoms with Crippen LogP contribution >= 0.6 is 24.0 Å². The van der Waals surface area contributed by atoms with Crippen molar-refractivity contribution in [3.8, 4) is 17.2 Å². The second-order valence-corrected chi connectivity index (χ2v) is 7.65. The Morgan fingerprint density at radius 3 is 2.28 bits per heavy atom. The van der Waals surface area contributed by atoms with E-state index in [-0.39, 0.29) is 26.5 Å². The van der Waals surface area contributed by atoms with Gasteiger partial charge in [0.2, 0.25) is 5.75 Å². The smallest absolute Gasteiger partial charge is 0.331 e. The number of thiocarbonyl (C=S) groups is 1. The van der Waals surface area contributed by atoms with Crippen LogP contribution < -0.4 is 9.47 Å². The van der Waals surface area contributed by atoms with Crippen molar-refractivity contribution in [3.05, 3.63) is 58.5 Å². The van der Waals surface area contributed by atoms with E-state index in [4.69, 9.17) is 21.7 Å². The SMILES string of the molecule is COc1cc(/C=C2\SC(=S)N(C(C(=O)O)c3ccccc3)C2=O)cc(OC)c1O. The molecule has 1 heterocycles. The maximum Gasteiger partial charge on any atom is 0.331 e. The molecule has 9 heteroatoms. The van der Waals surface area contributed by atoms with Gasteiger partial charge in [-0.2, -0.15) is 0 Å². The summed E-state index contributed by atoms with van der Waals surface area (Å²) in [5, 5.41) is 19.8. The van der Waals surface area contributed by atoms with Crippen molar-refractivity contribution in [2.24, 2.45) is 0 Å². The molecule has 1 fully saturated rings. The normalized spacial score (nSPS) is 16.2. The lowest BCUT2D eigenvalue weighted by Gasteiger charge is -2.23. The molecule has 1 amide bonds. The zero-order valence-electron chi connectivity index (χ0n) is 15.5. The van der Waals surface area contributed by atoms with Gasteiger partial charge in [0.15, 0.2) is 17.5 Å². The lowest BCUT2D eigenvalue weighted by Crippen LogP contribution is -2.37. The van der Waals surface area contributed by atoms with Gasteiger partial charge in [-0.25, -0.2) is 4.79 Å². The van der Waals surface area contributed by atoms with Gasteiger partial charge in [0, 0.05) is 0 Å². The summed E-state index contributed by atoms with van der Waals surface area (Å²) in [7, 11) is 2.80. The van der Waals surface area contributed by atoms with E-state index in [1.54, 1.807) is 36.4 Å². The number of carbonyl (C=O) groups excluding carboxylic acids is 1. The molecule has 1 unspecified atom stereocenters. The number of amides is 1. The van der Waals surface area contributed by atoms with E-state index in [0.717, 1.165) is 16.7 Å². The predicted octanol–water partition coefficient (Wildman–Crippen LogP) is 3.44. The van der Waals surface area contributed by atoms with Gasteiger partial charge in [0.25, 0.3) is 5.91 Å². The average Bonchev–Trinajstić information content (AvgIpc) is 2.97. The van der Waals surface area contributed by atoms with E-state index in [9.17, 15) is 19.8 Å². The molecule has 1 aliphatic rings. The van der Waals surface area contributed by atoms with Gasteiger partial charge in [-0.05, 0) is 29.3 Å². The summed E-state index contributed by atoms with van der Waals surface area (Å²) < 4.78 is 10.4. The van der Waals surface area contributed by atoms with Gasteiger partial charge in [-0.15, -0.1) is 0 Å². The van der Waals surface area contributed by atoms with Gasteiger partial charge in [-0.3, -0.25) is 9.69 Å². The van der Waals surface area contributed by atoms with E-state index in [0.29, 0.717) is 11.1 Å². The number of rotatable bonds is 6. The molecule has 2 aromatic carbocycles. The Bertz CT molecular complexity index is 980. The number of carbonyl (C=O) groups is 2. The van der Waals surface area contributed by atoms with Crippen LogP contribution in [-0.4, -0.2) is 45.5 Å². The van der Waals surface area contributed by atoms with E-state index < -0.39 is 17.9 Å². The van der Waals surface area contributed by atoms with Gasteiger partial charge in [0.05, 0.1) is 19.1 Å². The number of thioether (sulfide) groups is 1. The molecule has 7 nitrogen and oxygen atoms in total. The third-order valence-electron chi connectivity index (χ3n) is 4.23. The fourth-order valence-corrected chi connectivity index (χ4v) is 4.20. The molecular formula is C20H17NO6S2. The molecule has 0 saturated carbocycles. The summed E-state index contributed by atoms with van der Waals surface area (Å²) in [4.78, 5) is 26.2. The molecule has 3 rings (SSSR count). The zero-order valence-corrected chi connectivity index (χ0v) is 17.1. The van der Waals surface area contributed by atoms with Crippen LogP contribution in [0.15, 0.2) is 47.4 Å². The first-order valence-electron chi connectivity index (χ1n) is 8.37. The van der Waals surface area contributed by atoms with E-state index in [1.807, 2.05) is 0 Å². The summed E-state index contributed by atoms with van der Waals surface area (Å²) in [6.07, 6.45) is 1.55. The van der Waals surface area contributed by atoms with Crippen LogP contribution in [0.2, 0.25) is 0 Å². The highest BCUT2D eigenvalue weighted by Gasteiger charge is 2.41. The predicted molar refractivity (Wildman–Crippen MR) is 113 cm³/mol. The first-order valence-corrected chi connectivity index (χ1v) is 9.59. The molecule has 1 saturated heterocycles. The Balaban J connectivity index is 1.99. The number of hydrogen-bond donors (Lipinski definition) is 2. The highest BCUT2D eigenvalue weighted by molar-refractivity contribution is 8.26. The molecule has 2 N–H and O–H groups in total. The Kier molecular flexibility index (Phi) is 6.09. The quantitative estimate of drug-likeness (QED) is 0.530. The van der Waals surface area contributed by atoms with Crippen LogP contribution in [0.1, 0.15) is 17.2 Å². The number of nitrogens with zero attached hydrogens (tertiary/aromatic N) is 1. The van der Waals surface area contributed by atoms with Crippen LogP contribution in [0.4, 0.5) is 0 Å². The van der Waals surface area contributed by atoms with Gasteiger partial charge < -0.3 is 19.7 Å². The monoisotopic (exact) mass is 431 g/mol. The minimum Gasteiger partial charge on any atom is -0.502 e. The Morgan fingerprint density at radius 2 is 1.76 bits per heavy atom. The largest absolute Gasteiger partial charge is 0.502 e. The maximum absolute atomic E-state index is 13.0. The lowest BCUT2D eigenvalue weighted by atomic mass is 10.1. The summed E-state index contributed by atoms with van der Waals surface area (Å²) in [6, 6.07) is 10.3. The zero-order chi connectivity index (χ0) is 21.1. The Labute approximate surface area is 176 Å². The number of aliphatic carboxylic acids is 1. The summed E-state index contributed by atoms with van der Waals surface area (Å²) in [6.45, 7) is 0. The van der Waals surface area contributed by atoms with Gasteiger partial charge in [-0.1, -0.05) is 54.3 Å². The maximum atomic E-state index is 13.0. The molecule has 0 spiro atoms. The minimum atomic E-state index is -1.22. The van der Waals surface area contributed by atoms with Crippen molar-refractivity contribution in [3.63, 3.8) is 0 Å². The number of carboxylic acids is 1. The van der Waals surface area contributed by atoms with Crippen molar-refractivity contribution in [2.45, 2.75) is 6.04 Å². The molecule has 150 valence electrons. The Hall–Kier alpha value is -3.04. The summed E-state index contributed by atoms with van der Waals surface area (Å²) in [5.74, 6) is -1.49. The van der Waals surface area contributed by atoms with Crippen LogP contribution in [0.5, 0.6) is 17.2 Å². The number of ether oxygens (including phenoxy) is 2. The number of carboxylic acid groups (broad SMARTS) is 1. The van der Waals surface area contributed by atoms with Crippen LogP contribution in [0, 0.1) is 0 Å². The fourth-order valence-electron chi connectivity index (χ4n) is 2.89. The molecule has 1 aliphatic heterocycles. The number of benzene rings is 2. The van der Waals surface area contributed by atoms with Crippen LogP contribution in [-0.2, 0) is 9.59 Å². The van der Waals surface area contributed by atoms with Gasteiger partial charge in [0.1, 0.15) is 4.32 Å². The molecule has 1 atom stereocenters. The van der Waals surface area contributed by atoms with Crippen molar-refractivity contribution >= 4 is 46.3 Å². The number of hydrogen-bond acceptors (Lipinski definition) is 7. The lowest BCUT2D eigenvalue weighted by molar-refractivity contribution is -0.145. The summed E-state index contributed by atoms with van der Waals surface area (Å²) in [5.41, 5.74) is 0.981. The van der Waals surface area contributed by atoms with Crippen LogP contribution in [0.25, 0.3) is 6.08 Å². The topological polar surface area (TPSA) is 96.3 Å². The standard InChI is InChI=1S/C20H17NO6S2/c1-26-13-8-11(9-14(27-2)17(13)22)10-15-18(23)21(20(28)29-15)16(19(24)25)12-6-4-3-5-7-12/h3-10,16,22H,1-2H3,(H,24,25)/b15-10-. The third kappa shape index (κ3) is 4.06. The first-order chi connectivity index (χ1) is 13.9. The number of phenolic OH excluding ortho intramolecular Hbond substituents is 1. The second-order valence-electron chi connectivity index (χ2n) is 5.98. The molecule has 0 bridgehead atoms. The minimum absolute atomic E-state index is 0.148.